The van der Waals surface area contributed by atoms with E-state index in [2.05, 4.69) is 5.32 Å². The minimum atomic E-state index is -3.99. The summed E-state index contributed by atoms with van der Waals surface area (Å²) in [4.78, 5) is 11.7. The smallest absolute Gasteiger partial charge is 0.254 e. The van der Waals surface area contributed by atoms with Crippen LogP contribution in [0.25, 0.3) is 0 Å². The third kappa shape index (κ3) is 3.39. The summed E-state index contributed by atoms with van der Waals surface area (Å²) in [6.45, 7) is 0.251. The molecule has 1 saturated carbocycles. The Balaban J connectivity index is 2.15. The first kappa shape index (κ1) is 15.9. The van der Waals surface area contributed by atoms with E-state index in [1.807, 2.05) is 0 Å². The van der Waals surface area contributed by atoms with Crippen LogP contribution in [-0.4, -0.2) is 33.6 Å². The maximum absolute atomic E-state index is 13.7. The van der Waals surface area contributed by atoms with E-state index < -0.39 is 27.3 Å². The van der Waals surface area contributed by atoms with Crippen molar-refractivity contribution in [1.82, 2.24) is 5.32 Å². The minimum Gasteiger partial charge on any atom is -0.376 e. The normalized spacial score (nSPS) is 17.1. The third-order valence-electron chi connectivity index (χ3n) is 3.78. The van der Waals surface area contributed by atoms with E-state index in [9.17, 15) is 17.6 Å². The van der Waals surface area contributed by atoms with Gasteiger partial charge in [-0.15, -0.1) is 0 Å². The Kier molecular flexibility index (Phi) is 4.31. The van der Waals surface area contributed by atoms with Gasteiger partial charge in [-0.2, -0.15) is 0 Å². The summed E-state index contributed by atoms with van der Waals surface area (Å²) >= 11 is 0. The van der Waals surface area contributed by atoms with E-state index in [-0.39, 0.29) is 17.0 Å². The molecule has 8 heteroatoms. The number of rotatable bonds is 5. The van der Waals surface area contributed by atoms with Gasteiger partial charge in [0.15, 0.2) is 0 Å². The molecule has 3 N–H and O–H groups in total. The van der Waals surface area contributed by atoms with Gasteiger partial charge in [0.05, 0.1) is 16.1 Å². The molecule has 0 atom stereocenters. The molecule has 0 heterocycles. The molecule has 1 aromatic rings. The number of halogens is 1. The summed E-state index contributed by atoms with van der Waals surface area (Å²) in [5.41, 5.74) is -0.754. The van der Waals surface area contributed by atoms with Crippen molar-refractivity contribution in [1.29, 1.82) is 0 Å². The van der Waals surface area contributed by atoms with Gasteiger partial charge < -0.3 is 10.1 Å². The van der Waals surface area contributed by atoms with Crippen molar-refractivity contribution in [3.63, 3.8) is 0 Å². The minimum absolute atomic E-state index is 0.251. The summed E-state index contributed by atoms with van der Waals surface area (Å²) in [6.07, 6.45) is 2.66. The number of hydrogen-bond acceptors (Lipinski definition) is 4. The van der Waals surface area contributed by atoms with Gasteiger partial charge in [-0.05, 0) is 37.5 Å². The molecule has 1 fully saturated rings. The molecule has 1 aliphatic carbocycles. The monoisotopic (exact) mass is 316 g/mol. The first-order valence-electron chi connectivity index (χ1n) is 6.43. The molecule has 0 bridgehead atoms. The zero-order chi connectivity index (χ0) is 15.7. The fourth-order valence-corrected chi connectivity index (χ4v) is 2.76. The number of primary sulfonamides is 1. The molecule has 0 aliphatic heterocycles. The van der Waals surface area contributed by atoms with Crippen LogP contribution < -0.4 is 10.5 Å². The largest absolute Gasteiger partial charge is 0.376 e. The van der Waals surface area contributed by atoms with E-state index in [1.54, 1.807) is 7.11 Å². The van der Waals surface area contributed by atoms with Crippen LogP contribution in [0.3, 0.4) is 0 Å². The van der Waals surface area contributed by atoms with Crippen LogP contribution in [-0.2, 0) is 14.8 Å². The summed E-state index contributed by atoms with van der Waals surface area (Å²) in [7, 11) is -2.43. The quantitative estimate of drug-likeness (QED) is 0.838. The number of carbonyl (C=O) groups is 1. The van der Waals surface area contributed by atoms with Gasteiger partial charge in [-0.1, -0.05) is 0 Å². The number of hydrogen-bond donors (Lipinski definition) is 2. The number of nitrogens with one attached hydrogen (secondary N) is 1. The molecular weight excluding hydrogens is 299 g/mol. The van der Waals surface area contributed by atoms with Crippen LogP contribution in [0, 0.1) is 5.82 Å². The number of benzene rings is 1. The Morgan fingerprint density at radius 2 is 2.14 bits per heavy atom. The third-order valence-corrected chi connectivity index (χ3v) is 4.69. The van der Waals surface area contributed by atoms with Crippen molar-refractivity contribution in [2.75, 3.05) is 13.7 Å². The van der Waals surface area contributed by atoms with E-state index in [0.29, 0.717) is 0 Å². The Hall–Kier alpha value is -1.51. The average Bonchev–Trinajstić information content (AvgIpc) is 2.36. The van der Waals surface area contributed by atoms with Gasteiger partial charge in [0.25, 0.3) is 5.91 Å². The van der Waals surface area contributed by atoms with Crippen molar-refractivity contribution < 1.29 is 22.3 Å². The van der Waals surface area contributed by atoms with Crippen LogP contribution in [0.1, 0.15) is 29.6 Å². The predicted octanol–water partition coefficient (Wildman–Crippen LogP) is 0.772. The van der Waals surface area contributed by atoms with Gasteiger partial charge >= 0.3 is 0 Å². The lowest BCUT2D eigenvalue weighted by Gasteiger charge is -2.40. The Labute approximate surface area is 122 Å². The second kappa shape index (κ2) is 5.70. The van der Waals surface area contributed by atoms with Crippen LogP contribution >= 0.6 is 0 Å². The number of methoxy groups -OCH3 is 1. The summed E-state index contributed by atoms with van der Waals surface area (Å²) in [5.74, 6) is -1.50. The van der Waals surface area contributed by atoms with Gasteiger partial charge in [-0.3, -0.25) is 4.79 Å². The molecule has 0 unspecified atom stereocenters. The number of sulfonamides is 1. The average molecular weight is 316 g/mol. The number of carbonyl (C=O) groups excluding carboxylic acids is 1. The fraction of sp³-hybridized carbons (Fsp3) is 0.462. The maximum Gasteiger partial charge on any atom is 0.254 e. The zero-order valence-electron chi connectivity index (χ0n) is 11.6. The number of ether oxygens (including phenoxy) is 1. The molecule has 21 heavy (non-hydrogen) atoms. The molecule has 1 aliphatic rings. The highest BCUT2D eigenvalue weighted by Crippen LogP contribution is 2.34. The molecule has 116 valence electrons. The van der Waals surface area contributed by atoms with Crippen molar-refractivity contribution in [3.05, 3.63) is 29.6 Å². The van der Waals surface area contributed by atoms with Gasteiger partial charge in [-0.25, -0.2) is 17.9 Å². The molecule has 6 nitrogen and oxygen atoms in total. The molecular formula is C13H17FN2O4S. The molecule has 0 saturated heterocycles. The van der Waals surface area contributed by atoms with Crippen LogP contribution in [0.2, 0.25) is 0 Å². The summed E-state index contributed by atoms with van der Waals surface area (Å²) in [6, 6.07) is 2.86. The van der Waals surface area contributed by atoms with E-state index in [4.69, 9.17) is 9.88 Å². The molecule has 0 radical (unpaired) electrons. The highest BCUT2D eigenvalue weighted by atomic mass is 32.2. The highest BCUT2D eigenvalue weighted by molar-refractivity contribution is 7.89. The number of amides is 1. The number of nitrogens with two attached hydrogens (primary N) is 1. The lowest BCUT2D eigenvalue weighted by atomic mass is 9.80. The van der Waals surface area contributed by atoms with E-state index in [1.165, 1.54) is 0 Å². The fourth-order valence-electron chi connectivity index (χ4n) is 2.22. The standard InChI is InChI=1S/C13H17FN2O4S/c1-20-13(5-2-6-13)8-16-12(17)10-7-9(21(15,18)19)3-4-11(10)14/h3-4,7H,2,5-6,8H2,1H3,(H,16,17)(H2,15,18,19). The maximum atomic E-state index is 13.7. The Morgan fingerprint density at radius 3 is 2.62 bits per heavy atom. The first-order valence-corrected chi connectivity index (χ1v) is 7.98. The van der Waals surface area contributed by atoms with Gasteiger partial charge in [0.2, 0.25) is 10.0 Å². The molecule has 2 rings (SSSR count). The van der Waals surface area contributed by atoms with Crippen LogP contribution in [0.4, 0.5) is 4.39 Å². The zero-order valence-corrected chi connectivity index (χ0v) is 12.4. The molecule has 0 spiro atoms. The van der Waals surface area contributed by atoms with Crippen molar-refractivity contribution in [3.8, 4) is 0 Å². The lowest BCUT2D eigenvalue weighted by molar-refractivity contribution is -0.0679. The lowest BCUT2D eigenvalue weighted by Crippen LogP contribution is -2.49. The van der Waals surface area contributed by atoms with E-state index >= 15 is 0 Å². The predicted molar refractivity (Wildman–Crippen MR) is 73.7 cm³/mol. The van der Waals surface area contributed by atoms with Crippen LogP contribution in [0.15, 0.2) is 23.1 Å². The molecule has 0 aromatic heterocycles. The van der Waals surface area contributed by atoms with Crippen molar-refractivity contribution in [2.45, 2.75) is 29.8 Å². The second-order valence-electron chi connectivity index (χ2n) is 5.11. The van der Waals surface area contributed by atoms with Gasteiger partial charge in [0, 0.05) is 13.7 Å². The van der Waals surface area contributed by atoms with Crippen molar-refractivity contribution >= 4 is 15.9 Å². The summed E-state index contributed by atoms with van der Waals surface area (Å²) < 4.78 is 41.5. The van der Waals surface area contributed by atoms with Crippen molar-refractivity contribution in [2.24, 2.45) is 5.14 Å². The highest BCUT2D eigenvalue weighted by Gasteiger charge is 2.37. The van der Waals surface area contributed by atoms with E-state index in [0.717, 1.165) is 37.5 Å². The Morgan fingerprint density at radius 1 is 1.48 bits per heavy atom. The topological polar surface area (TPSA) is 98.5 Å². The Bertz CT molecular complexity index is 651. The van der Waals surface area contributed by atoms with Crippen LogP contribution in [0.5, 0.6) is 0 Å². The molecule has 1 aromatic carbocycles. The summed E-state index contributed by atoms with van der Waals surface area (Å²) in [5, 5.41) is 7.54. The first-order chi connectivity index (χ1) is 9.77. The van der Waals surface area contributed by atoms with Gasteiger partial charge in [0.1, 0.15) is 5.82 Å². The molecule has 1 amide bonds. The second-order valence-corrected chi connectivity index (χ2v) is 6.67. The SMILES string of the molecule is COC1(CNC(=O)c2cc(S(N)(=O)=O)ccc2F)CCC1.